The molecule has 0 saturated carbocycles. The van der Waals surface area contributed by atoms with Gasteiger partial charge >= 0.3 is 5.97 Å². The van der Waals surface area contributed by atoms with E-state index >= 15 is 0 Å². The molecule has 0 N–H and O–H groups in total. The van der Waals surface area contributed by atoms with E-state index in [4.69, 9.17) is 14.2 Å². The highest BCUT2D eigenvalue weighted by molar-refractivity contribution is 5.69. The summed E-state index contributed by atoms with van der Waals surface area (Å²) in [6.45, 7) is 3.34. The van der Waals surface area contributed by atoms with Crippen molar-refractivity contribution < 1.29 is 19.0 Å². The van der Waals surface area contributed by atoms with Crippen LogP contribution in [-0.4, -0.2) is 57.5 Å². The fraction of sp³-hybridized carbons (Fsp3) is 0.615. The first-order chi connectivity index (χ1) is 8.83. The first-order valence-corrected chi connectivity index (χ1v) is 6.12. The summed E-state index contributed by atoms with van der Waals surface area (Å²) in [6.07, 6.45) is 8.37. The predicted molar refractivity (Wildman–Crippen MR) is 68.1 cm³/mol. The van der Waals surface area contributed by atoms with Crippen LogP contribution in [0.25, 0.3) is 0 Å². The maximum absolute atomic E-state index is 11.4. The van der Waals surface area contributed by atoms with E-state index in [0.29, 0.717) is 39.4 Å². The summed E-state index contributed by atoms with van der Waals surface area (Å²) in [5.74, 6) is -0.187. The van der Waals surface area contributed by atoms with Crippen LogP contribution < -0.4 is 0 Å². The van der Waals surface area contributed by atoms with Gasteiger partial charge in [0.2, 0.25) is 0 Å². The second-order valence-electron chi connectivity index (χ2n) is 3.84. The van der Waals surface area contributed by atoms with Gasteiger partial charge in [-0.25, -0.2) is 0 Å². The Bertz CT molecular complexity index is 289. The van der Waals surface area contributed by atoms with Crippen molar-refractivity contribution in [3.8, 4) is 0 Å². The summed E-state index contributed by atoms with van der Waals surface area (Å²) in [7, 11) is 1.62. The average Bonchev–Trinajstić information content (AvgIpc) is 2.41. The number of hydrogen-bond donors (Lipinski definition) is 0. The Morgan fingerprint density at radius 2 is 2.06 bits per heavy atom. The second-order valence-corrected chi connectivity index (χ2v) is 3.84. The van der Waals surface area contributed by atoms with Crippen LogP contribution >= 0.6 is 0 Å². The zero-order valence-corrected chi connectivity index (χ0v) is 10.8. The minimum absolute atomic E-state index is 0.187. The van der Waals surface area contributed by atoms with Crippen LogP contribution in [0.15, 0.2) is 24.4 Å². The number of nitrogens with zero attached hydrogens (tertiary/aromatic N) is 1. The number of rotatable bonds is 9. The monoisotopic (exact) mass is 255 g/mol. The Kier molecular flexibility index (Phi) is 7.92. The van der Waals surface area contributed by atoms with Crippen molar-refractivity contribution in [1.29, 1.82) is 0 Å². The van der Waals surface area contributed by atoms with Gasteiger partial charge in [-0.3, -0.25) is 4.79 Å². The fourth-order valence-corrected chi connectivity index (χ4v) is 1.44. The van der Waals surface area contributed by atoms with E-state index in [1.807, 2.05) is 18.4 Å². The maximum atomic E-state index is 11.4. The third-order valence-corrected chi connectivity index (χ3v) is 2.41. The zero-order chi connectivity index (χ0) is 13.1. The van der Waals surface area contributed by atoms with E-state index in [1.165, 1.54) is 0 Å². The molecular weight excluding hydrogens is 234 g/mol. The van der Waals surface area contributed by atoms with Crippen LogP contribution in [-0.2, 0) is 19.0 Å². The standard InChI is InChI=1S/C13H21NO4/c1-16-9-10-17-11-12-18-13(15)5-8-14-6-3-2-4-7-14/h2-4,6H,5,7-12H2,1H3. The Morgan fingerprint density at radius 3 is 2.78 bits per heavy atom. The lowest BCUT2D eigenvalue weighted by Crippen LogP contribution is -2.23. The quantitative estimate of drug-likeness (QED) is 0.454. The van der Waals surface area contributed by atoms with E-state index in [9.17, 15) is 4.79 Å². The van der Waals surface area contributed by atoms with Gasteiger partial charge < -0.3 is 19.1 Å². The summed E-state index contributed by atoms with van der Waals surface area (Å²) in [6, 6.07) is 0. The van der Waals surface area contributed by atoms with Crippen LogP contribution in [0.2, 0.25) is 0 Å². The molecule has 0 saturated heterocycles. The van der Waals surface area contributed by atoms with Gasteiger partial charge in [-0.2, -0.15) is 0 Å². The molecule has 0 aromatic carbocycles. The Balaban J connectivity index is 1.94. The van der Waals surface area contributed by atoms with E-state index in [1.54, 1.807) is 7.11 Å². The van der Waals surface area contributed by atoms with E-state index in [2.05, 4.69) is 11.0 Å². The van der Waals surface area contributed by atoms with Crippen molar-refractivity contribution in [1.82, 2.24) is 4.90 Å². The third kappa shape index (κ3) is 7.09. The first kappa shape index (κ1) is 14.7. The molecule has 1 rings (SSSR count). The highest BCUT2D eigenvalue weighted by atomic mass is 16.6. The van der Waals surface area contributed by atoms with Crippen molar-refractivity contribution in [2.45, 2.75) is 6.42 Å². The van der Waals surface area contributed by atoms with Crippen molar-refractivity contribution in [2.75, 3.05) is 46.6 Å². The molecule has 0 spiro atoms. The first-order valence-electron chi connectivity index (χ1n) is 6.12. The molecule has 0 aliphatic carbocycles. The lowest BCUT2D eigenvalue weighted by atomic mass is 10.3. The molecular formula is C13H21NO4. The van der Waals surface area contributed by atoms with Gasteiger partial charge in [0, 0.05) is 20.2 Å². The summed E-state index contributed by atoms with van der Waals surface area (Å²) in [5, 5.41) is 0. The molecule has 0 fully saturated rings. The molecule has 18 heavy (non-hydrogen) atoms. The largest absolute Gasteiger partial charge is 0.463 e. The Morgan fingerprint density at radius 1 is 1.22 bits per heavy atom. The summed E-state index contributed by atoms with van der Waals surface area (Å²) in [4.78, 5) is 13.5. The SMILES string of the molecule is COCCOCCOC(=O)CCN1C=CC=CC1. The van der Waals surface area contributed by atoms with Crippen molar-refractivity contribution >= 4 is 5.97 Å². The van der Waals surface area contributed by atoms with Crippen molar-refractivity contribution in [2.24, 2.45) is 0 Å². The van der Waals surface area contributed by atoms with Crippen LogP contribution in [0.3, 0.4) is 0 Å². The number of esters is 1. The molecule has 0 atom stereocenters. The normalized spacial score (nSPS) is 13.9. The molecule has 0 bridgehead atoms. The molecule has 0 aromatic rings. The second kappa shape index (κ2) is 9.67. The van der Waals surface area contributed by atoms with Crippen LogP contribution in [0.4, 0.5) is 0 Å². The smallest absolute Gasteiger partial charge is 0.307 e. The Hall–Kier alpha value is -1.33. The number of allylic oxidation sites excluding steroid dienone is 2. The minimum Gasteiger partial charge on any atom is -0.463 e. The highest BCUT2D eigenvalue weighted by Gasteiger charge is 2.06. The van der Waals surface area contributed by atoms with Gasteiger partial charge in [0.05, 0.1) is 26.2 Å². The number of hydrogen-bond acceptors (Lipinski definition) is 5. The molecule has 0 radical (unpaired) electrons. The molecule has 5 heteroatoms. The molecule has 102 valence electrons. The van der Waals surface area contributed by atoms with E-state index in [0.717, 1.165) is 6.54 Å². The van der Waals surface area contributed by atoms with Gasteiger partial charge in [-0.1, -0.05) is 12.2 Å². The van der Waals surface area contributed by atoms with Gasteiger partial charge in [0.1, 0.15) is 6.61 Å². The fourth-order valence-electron chi connectivity index (χ4n) is 1.44. The van der Waals surface area contributed by atoms with Gasteiger partial charge in [0.25, 0.3) is 0 Å². The number of methoxy groups -OCH3 is 1. The molecule has 1 aliphatic rings. The van der Waals surface area contributed by atoms with Crippen LogP contribution in [0.5, 0.6) is 0 Å². The number of ether oxygens (including phenoxy) is 3. The summed E-state index contributed by atoms with van der Waals surface area (Å²) in [5.41, 5.74) is 0. The predicted octanol–water partition coefficient (Wildman–Crippen LogP) is 0.968. The van der Waals surface area contributed by atoms with Crippen molar-refractivity contribution in [3.05, 3.63) is 24.4 Å². The van der Waals surface area contributed by atoms with Gasteiger partial charge in [-0.05, 0) is 12.3 Å². The zero-order valence-electron chi connectivity index (χ0n) is 10.8. The molecule has 0 unspecified atom stereocenters. The third-order valence-electron chi connectivity index (χ3n) is 2.41. The van der Waals surface area contributed by atoms with Gasteiger partial charge in [0.15, 0.2) is 0 Å². The van der Waals surface area contributed by atoms with Crippen LogP contribution in [0, 0.1) is 0 Å². The highest BCUT2D eigenvalue weighted by Crippen LogP contribution is 2.00. The Labute approximate surface area is 108 Å². The van der Waals surface area contributed by atoms with Crippen molar-refractivity contribution in [3.63, 3.8) is 0 Å². The molecule has 0 aromatic heterocycles. The summed E-state index contributed by atoms with van der Waals surface area (Å²) >= 11 is 0. The summed E-state index contributed by atoms with van der Waals surface area (Å²) < 4.78 is 15.1. The molecule has 1 heterocycles. The lowest BCUT2D eigenvalue weighted by Gasteiger charge is -2.19. The lowest BCUT2D eigenvalue weighted by molar-refractivity contribution is -0.145. The molecule has 0 amide bonds. The van der Waals surface area contributed by atoms with E-state index in [-0.39, 0.29) is 5.97 Å². The maximum Gasteiger partial charge on any atom is 0.307 e. The average molecular weight is 255 g/mol. The van der Waals surface area contributed by atoms with E-state index < -0.39 is 0 Å². The number of carbonyl (C=O) groups excluding carboxylic acids is 1. The molecule has 5 nitrogen and oxygen atoms in total. The van der Waals surface area contributed by atoms with Gasteiger partial charge in [-0.15, -0.1) is 0 Å². The molecule has 1 aliphatic heterocycles. The number of carbonyl (C=O) groups is 1. The topological polar surface area (TPSA) is 48.0 Å². The minimum atomic E-state index is -0.187. The van der Waals surface area contributed by atoms with Crippen LogP contribution in [0.1, 0.15) is 6.42 Å².